The minimum absolute atomic E-state index is 0.441. The van der Waals surface area contributed by atoms with Crippen molar-refractivity contribution >= 4 is 5.78 Å². The zero-order valence-electron chi connectivity index (χ0n) is 14.6. The van der Waals surface area contributed by atoms with Crippen LogP contribution in [0.15, 0.2) is 0 Å². The van der Waals surface area contributed by atoms with E-state index in [0.717, 1.165) is 91.4 Å². The van der Waals surface area contributed by atoms with Gasteiger partial charge in [-0.25, -0.2) is 0 Å². The average molecular weight is 310 g/mol. The maximum atomic E-state index is 12.1. The molecule has 2 aliphatic heterocycles. The highest BCUT2D eigenvalue weighted by Crippen LogP contribution is 2.05. The summed E-state index contributed by atoms with van der Waals surface area (Å²) in [5.41, 5.74) is 0. The number of ketones is 1. The third-order valence-electron chi connectivity index (χ3n) is 5.24. The lowest BCUT2D eigenvalue weighted by atomic mass is 10.1. The van der Waals surface area contributed by atoms with E-state index in [-0.39, 0.29) is 0 Å². The second-order valence-corrected chi connectivity index (χ2v) is 6.59. The van der Waals surface area contributed by atoms with Crippen LogP contribution in [-0.4, -0.2) is 104 Å². The van der Waals surface area contributed by atoms with Gasteiger partial charge in [0.25, 0.3) is 0 Å². The summed E-state index contributed by atoms with van der Waals surface area (Å²) in [6.45, 7) is 17.8. The predicted molar refractivity (Wildman–Crippen MR) is 91.3 cm³/mol. The lowest BCUT2D eigenvalue weighted by Gasteiger charge is -2.34. The number of hydrogen-bond acceptors (Lipinski definition) is 5. The number of carbonyl (C=O) groups is 1. The van der Waals surface area contributed by atoms with Crippen LogP contribution in [0.25, 0.3) is 0 Å². The summed E-state index contributed by atoms with van der Waals surface area (Å²) >= 11 is 0. The van der Waals surface area contributed by atoms with Crippen LogP contribution >= 0.6 is 0 Å². The molecule has 0 radical (unpaired) electrons. The third kappa shape index (κ3) is 5.95. The fraction of sp³-hybridized carbons (Fsp3) is 0.941. The van der Waals surface area contributed by atoms with E-state index in [1.807, 2.05) is 0 Å². The first-order chi connectivity index (χ1) is 10.7. The minimum atomic E-state index is 0.441. The van der Waals surface area contributed by atoms with Crippen LogP contribution in [0.2, 0.25) is 0 Å². The Hall–Kier alpha value is -0.490. The molecular weight excluding hydrogens is 276 g/mol. The number of piperazine rings is 2. The average Bonchev–Trinajstić information content (AvgIpc) is 2.59. The summed E-state index contributed by atoms with van der Waals surface area (Å²) in [5.74, 6) is 0.441. The van der Waals surface area contributed by atoms with Crippen molar-refractivity contribution in [3.63, 3.8) is 0 Å². The van der Waals surface area contributed by atoms with Crippen LogP contribution < -0.4 is 0 Å². The molecule has 2 saturated heterocycles. The highest BCUT2D eigenvalue weighted by atomic mass is 16.1. The van der Waals surface area contributed by atoms with Crippen molar-refractivity contribution in [3.05, 3.63) is 0 Å². The Balaban J connectivity index is 1.53. The molecule has 0 spiro atoms. The van der Waals surface area contributed by atoms with Gasteiger partial charge in [0.05, 0.1) is 0 Å². The van der Waals surface area contributed by atoms with Crippen LogP contribution in [0, 0.1) is 0 Å². The molecule has 0 aromatic heterocycles. The van der Waals surface area contributed by atoms with Gasteiger partial charge in [-0.15, -0.1) is 0 Å². The van der Waals surface area contributed by atoms with Gasteiger partial charge in [-0.1, -0.05) is 13.8 Å². The van der Waals surface area contributed by atoms with Crippen molar-refractivity contribution < 1.29 is 4.79 Å². The number of nitrogens with zero attached hydrogens (tertiary/aromatic N) is 4. The molecular formula is C17H34N4O. The topological polar surface area (TPSA) is 30.0 Å². The Morgan fingerprint density at radius 2 is 0.955 bits per heavy atom. The zero-order chi connectivity index (χ0) is 15.8. The van der Waals surface area contributed by atoms with E-state index in [9.17, 15) is 4.79 Å². The normalized spacial score (nSPS) is 23.0. The Bertz CT molecular complexity index is 291. The maximum Gasteiger partial charge on any atom is 0.135 e. The van der Waals surface area contributed by atoms with Gasteiger partial charge in [0.15, 0.2) is 0 Å². The molecule has 0 unspecified atom stereocenters. The first-order valence-corrected chi connectivity index (χ1v) is 9.12. The number of Topliss-reactive ketones (excluding diaryl/α,β-unsaturated/α-hetero) is 1. The molecule has 0 bridgehead atoms. The molecule has 5 nitrogen and oxygen atoms in total. The van der Waals surface area contributed by atoms with Gasteiger partial charge in [0.2, 0.25) is 0 Å². The van der Waals surface area contributed by atoms with Gasteiger partial charge in [-0.3, -0.25) is 4.79 Å². The van der Waals surface area contributed by atoms with Crippen LogP contribution in [0.5, 0.6) is 0 Å². The van der Waals surface area contributed by atoms with Gasteiger partial charge in [-0.05, 0) is 13.1 Å². The summed E-state index contributed by atoms with van der Waals surface area (Å²) in [5, 5.41) is 0. The summed E-state index contributed by atoms with van der Waals surface area (Å²) < 4.78 is 0. The lowest BCUT2D eigenvalue weighted by Crippen LogP contribution is -2.47. The minimum Gasteiger partial charge on any atom is -0.301 e. The fourth-order valence-corrected chi connectivity index (χ4v) is 3.35. The second-order valence-electron chi connectivity index (χ2n) is 6.59. The van der Waals surface area contributed by atoms with E-state index in [1.165, 1.54) is 0 Å². The molecule has 0 aromatic carbocycles. The van der Waals surface area contributed by atoms with Crippen molar-refractivity contribution in [1.29, 1.82) is 0 Å². The lowest BCUT2D eigenvalue weighted by molar-refractivity contribution is -0.119. The molecule has 5 heteroatoms. The molecule has 0 atom stereocenters. The summed E-state index contributed by atoms with van der Waals surface area (Å²) in [4.78, 5) is 22.0. The maximum absolute atomic E-state index is 12.1. The van der Waals surface area contributed by atoms with E-state index < -0.39 is 0 Å². The van der Waals surface area contributed by atoms with Gasteiger partial charge in [0, 0.05) is 78.3 Å². The van der Waals surface area contributed by atoms with Gasteiger partial charge < -0.3 is 19.6 Å². The molecule has 22 heavy (non-hydrogen) atoms. The van der Waals surface area contributed by atoms with E-state index in [1.54, 1.807) is 0 Å². The van der Waals surface area contributed by atoms with Crippen molar-refractivity contribution in [2.75, 3.05) is 78.5 Å². The van der Waals surface area contributed by atoms with Crippen LogP contribution in [0.1, 0.15) is 26.7 Å². The van der Waals surface area contributed by atoms with Crippen molar-refractivity contribution in [2.45, 2.75) is 26.7 Å². The van der Waals surface area contributed by atoms with E-state index in [2.05, 4.69) is 33.4 Å². The van der Waals surface area contributed by atoms with Crippen molar-refractivity contribution in [3.8, 4) is 0 Å². The Labute approximate surface area is 136 Å². The molecule has 128 valence electrons. The first kappa shape index (κ1) is 17.9. The Morgan fingerprint density at radius 3 is 1.27 bits per heavy atom. The quantitative estimate of drug-likeness (QED) is 0.655. The standard InChI is InChI=1S/C17H34N4O/c1-3-18-9-13-20(14-10-18)7-5-17(22)6-8-21-15-11-19(4-2)12-16-21/h3-16H2,1-2H3. The fourth-order valence-electron chi connectivity index (χ4n) is 3.35. The Kier molecular flexibility index (Phi) is 7.80. The van der Waals surface area contributed by atoms with Gasteiger partial charge in [0.1, 0.15) is 5.78 Å². The predicted octanol–water partition coefficient (Wildman–Crippen LogP) is 0.611. The molecule has 2 heterocycles. The smallest absolute Gasteiger partial charge is 0.135 e. The number of carbonyl (C=O) groups excluding carboxylic acids is 1. The molecule has 0 aliphatic carbocycles. The zero-order valence-corrected chi connectivity index (χ0v) is 14.6. The Morgan fingerprint density at radius 1 is 0.636 bits per heavy atom. The highest BCUT2D eigenvalue weighted by molar-refractivity contribution is 5.78. The summed E-state index contributed by atoms with van der Waals surface area (Å²) in [7, 11) is 0. The first-order valence-electron chi connectivity index (χ1n) is 9.12. The third-order valence-corrected chi connectivity index (χ3v) is 5.24. The second kappa shape index (κ2) is 9.60. The number of hydrogen-bond donors (Lipinski definition) is 0. The molecule has 2 rings (SSSR count). The molecule has 2 fully saturated rings. The molecule has 0 aromatic rings. The monoisotopic (exact) mass is 310 g/mol. The molecule has 0 amide bonds. The summed E-state index contributed by atoms with van der Waals surface area (Å²) in [6.07, 6.45) is 1.47. The largest absolute Gasteiger partial charge is 0.301 e. The van der Waals surface area contributed by atoms with Gasteiger partial charge >= 0.3 is 0 Å². The van der Waals surface area contributed by atoms with Gasteiger partial charge in [-0.2, -0.15) is 0 Å². The van der Waals surface area contributed by atoms with Crippen molar-refractivity contribution in [1.82, 2.24) is 19.6 Å². The van der Waals surface area contributed by atoms with E-state index >= 15 is 0 Å². The van der Waals surface area contributed by atoms with E-state index in [4.69, 9.17) is 0 Å². The molecule has 0 saturated carbocycles. The molecule has 2 aliphatic rings. The van der Waals surface area contributed by atoms with Crippen LogP contribution in [0.3, 0.4) is 0 Å². The van der Waals surface area contributed by atoms with Crippen molar-refractivity contribution in [2.24, 2.45) is 0 Å². The summed E-state index contributed by atoms with van der Waals surface area (Å²) in [6, 6.07) is 0. The van der Waals surface area contributed by atoms with E-state index in [0.29, 0.717) is 5.78 Å². The SMILES string of the molecule is CCN1CCN(CCC(=O)CCN2CCN(CC)CC2)CC1. The van der Waals surface area contributed by atoms with Crippen LogP contribution in [0.4, 0.5) is 0 Å². The van der Waals surface area contributed by atoms with Crippen LogP contribution in [-0.2, 0) is 4.79 Å². The number of likely N-dealkylation sites (N-methyl/N-ethyl adjacent to an activating group) is 2. The molecule has 0 N–H and O–H groups in total. The highest BCUT2D eigenvalue weighted by Gasteiger charge is 2.18. The number of rotatable bonds is 8.